The number of rotatable bonds is 4. The number of benzene rings is 2. The Morgan fingerprint density at radius 3 is 2.47 bits per heavy atom. The topological polar surface area (TPSA) is 107 Å². The van der Waals surface area contributed by atoms with E-state index in [1.54, 1.807) is 4.90 Å². The predicted molar refractivity (Wildman–Crippen MR) is 118 cm³/mol. The molecule has 0 spiro atoms. The third-order valence-electron chi connectivity index (χ3n) is 6.92. The van der Waals surface area contributed by atoms with E-state index < -0.39 is 41.6 Å². The van der Waals surface area contributed by atoms with Gasteiger partial charge in [0.2, 0.25) is 11.8 Å². The van der Waals surface area contributed by atoms with Gasteiger partial charge >= 0.3 is 0 Å². The second-order valence-electron chi connectivity index (χ2n) is 9.08. The molecular weight excluding hydrogens is 441 g/mol. The first kappa shape index (κ1) is 22.4. The molecule has 5 rings (SSSR count). The number of aliphatic hydroxyl groups is 1. The van der Waals surface area contributed by atoms with Gasteiger partial charge in [-0.15, -0.1) is 0 Å². The van der Waals surface area contributed by atoms with Crippen molar-refractivity contribution in [3.63, 3.8) is 0 Å². The smallest absolute Gasteiger partial charge is 0.262 e. The van der Waals surface area contributed by atoms with Crippen LogP contribution >= 0.6 is 0 Å². The molecule has 2 aromatic carbocycles. The number of alkyl halides is 1. The molecule has 3 heterocycles. The molecule has 176 valence electrons. The molecule has 2 unspecified atom stereocenters. The number of likely N-dealkylation sites (tertiary alicyclic amines) is 1. The summed E-state index contributed by atoms with van der Waals surface area (Å²) in [6.45, 7) is 0.745. The molecule has 2 aromatic rings. The molecule has 0 bridgehead atoms. The van der Waals surface area contributed by atoms with Crippen LogP contribution in [0.25, 0.3) is 0 Å². The lowest BCUT2D eigenvalue weighted by Gasteiger charge is -2.41. The number of fused-ring (bicyclic) bond motifs is 1. The summed E-state index contributed by atoms with van der Waals surface area (Å²) in [6, 6.07) is 12.9. The van der Waals surface area contributed by atoms with Crippen molar-refractivity contribution >= 4 is 23.6 Å². The molecule has 0 aromatic heterocycles. The fraction of sp³-hybridized carbons (Fsp3) is 0.360. The number of halogens is 1. The van der Waals surface area contributed by atoms with Crippen LogP contribution in [0.5, 0.6) is 0 Å². The molecule has 0 aliphatic carbocycles. The van der Waals surface area contributed by atoms with Crippen molar-refractivity contribution in [3.05, 3.63) is 70.8 Å². The SMILES string of the molecule is O=C1CCC(N2C(=O)c3ccc(C4(O)CCN(Cc5ccccc5)[C@@H](F)C4)cc3C2=O)C(=O)N1. The van der Waals surface area contributed by atoms with Gasteiger partial charge in [-0.2, -0.15) is 0 Å². The molecule has 4 amide bonds. The highest BCUT2D eigenvalue weighted by Crippen LogP contribution is 2.39. The molecule has 0 radical (unpaired) electrons. The lowest BCUT2D eigenvalue weighted by molar-refractivity contribution is -0.136. The van der Waals surface area contributed by atoms with Gasteiger partial charge in [-0.1, -0.05) is 36.4 Å². The first-order valence-electron chi connectivity index (χ1n) is 11.3. The molecule has 9 heteroatoms. The second kappa shape index (κ2) is 8.41. The van der Waals surface area contributed by atoms with Crippen molar-refractivity contribution in [2.45, 2.75) is 50.2 Å². The minimum Gasteiger partial charge on any atom is -0.385 e. The van der Waals surface area contributed by atoms with Crippen LogP contribution in [-0.4, -0.2) is 57.4 Å². The Kier molecular flexibility index (Phi) is 5.53. The number of piperidine rings is 2. The fourth-order valence-electron chi connectivity index (χ4n) is 5.00. The van der Waals surface area contributed by atoms with Gasteiger partial charge in [0.25, 0.3) is 11.8 Å². The first-order chi connectivity index (χ1) is 16.3. The summed E-state index contributed by atoms with van der Waals surface area (Å²) in [5, 5.41) is 13.4. The van der Waals surface area contributed by atoms with Gasteiger partial charge < -0.3 is 5.11 Å². The van der Waals surface area contributed by atoms with Crippen LogP contribution in [-0.2, 0) is 21.7 Å². The minimum atomic E-state index is -1.49. The van der Waals surface area contributed by atoms with Crippen LogP contribution in [0.1, 0.15) is 57.5 Å². The Balaban J connectivity index is 1.35. The Labute approximate surface area is 195 Å². The van der Waals surface area contributed by atoms with Gasteiger partial charge in [0, 0.05) is 25.9 Å². The molecule has 2 fully saturated rings. The molecular formula is C25H24FN3O5. The number of carbonyl (C=O) groups excluding carboxylic acids is 4. The minimum absolute atomic E-state index is 0.0339. The van der Waals surface area contributed by atoms with E-state index >= 15 is 4.39 Å². The Hall–Kier alpha value is -3.43. The number of amides is 4. The normalized spacial score (nSPS) is 27.6. The van der Waals surface area contributed by atoms with E-state index in [2.05, 4.69) is 5.32 Å². The zero-order valence-electron chi connectivity index (χ0n) is 18.4. The largest absolute Gasteiger partial charge is 0.385 e. The zero-order valence-corrected chi connectivity index (χ0v) is 18.4. The zero-order chi connectivity index (χ0) is 24.0. The van der Waals surface area contributed by atoms with Gasteiger partial charge in [-0.05, 0) is 36.1 Å². The summed E-state index contributed by atoms with van der Waals surface area (Å²) in [7, 11) is 0. The Bertz CT molecular complexity index is 1190. The van der Waals surface area contributed by atoms with E-state index in [1.807, 2.05) is 30.3 Å². The van der Waals surface area contributed by atoms with E-state index in [-0.39, 0.29) is 36.8 Å². The lowest BCUT2D eigenvalue weighted by Crippen LogP contribution is -2.54. The standard InChI is InChI=1S/C25H24FN3O5/c26-20-13-25(34,10-11-28(20)14-15-4-2-1-3-5-15)16-6-7-17-18(12-16)24(33)29(23(17)32)19-8-9-21(30)27-22(19)31/h1-7,12,19-20,34H,8-11,13-14H2,(H,27,30,31)/t19?,20-,25?/m1/s1. The van der Waals surface area contributed by atoms with Crippen LogP contribution in [0.3, 0.4) is 0 Å². The van der Waals surface area contributed by atoms with Crippen molar-refractivity contribution in [2.75, 3.05) is 6.54 Å². The van der Waals surface area contributed by atoms with Crippen molar-refractivity contribution in [3.8, 4) is 0 Å². The second-order valence-corrected chi connectivity index (χ2v) is 9.08. The third-order valence-corrected chi connectivity index (χ3v) is 6.92. The summed E-state index contributed by atoms with van der Waals surface area (Å²) >= 11 is 0. The number of nitrogens with one attached hydrogen (secondary N) is 1. The van der Waals surface area contributed by atoms with Crippen LogP contribution in [0.15, 0.2) is 48.5 Å². The number of imide groups is 2. The van der Waals surface area contributed by atoms with Crippen molar-refractivity contribution in [1.82, 2.24) is 15.1 Å². The summed E-state index contributed by atoms with van der Waals surface area (Å²) in [5.74, 6) is -2.40. The quantitative estimate of drug-likeness (QED) is 0.527. The summed E-state index contributed by atoms with van der Waals surface area (Å²) in [4.78, 5) is 52.2. The van der Waals surface area contributed by atoms with Gasteiger partial charge in [0.15, 0.2) is 6.30 Å². The molecule has 2 N–H and O–H groups in total. The molecule has 3 aliphatic rings. The Morgan fingerprint density at radius 1 is 1.03 bits per heavy atom. The van der Waals surface area contributed by atoms with Crippen LogP contribution in [0.4, 0.5) is 4.39 Å². The van der Waals surface area contributed by atoms with Crippen molar-refractivity contribution in [1.29, 1.82) is 0 Å². The van der Waals surface area contributed by atoms with Crippen molar-refractivity contribution in [2.24, 2.45) is 0 Å². The van der Waals surface area contributed by atoms with E-state index in [9.17, 15) is 24.3 Å². The van der Waals surface area contributed by atoms with Crippen LogP contribution in [0.2, 0.25) is 0 Å². The summed E-state index contributed by atoms with van der Waals surface area (Å²) in [5.41, 5.74) is 0.0425. The molecule has 0 saturated carbocycles. The highest BCUT2D eigenvalue weighted by Gasteiger charge is 2.46. The average Bonchev–Trinajstić information content (AvgIpc) is 3.06. The molecule has 2 saturated heterocycles. The summed E-state index contributed by atoms with van der Waals surface area (Å²) < 4.78 is 15.1. The first-order valence-corrected chi connectivity index (χ1v) is 11.3. The average molecular weight is 465 g/mol. The van der Waals surface area contributed by atoms with Gasteiger partial charge in [0.1, 0.15) is 6.04 Å². The monoisotopic (exact) mass is 465 g/mol. The van der Waals surface area contributed by atoms with Gasteiger partial charge in [-0.3, -0.25) is 34.3 Å². The van der Waals surface area contributed by atoms with Crippen LogP contribution in [0, 0.1) is 0 Å². The maximum atomic E-state index is 15.1. The van der Waals surface area contributed by atoms with E-state index in [4.69, 9.17) is 0 Å². The molecule has 3 aliphatic heterocycles. The van der Waals surface area contributed by atoms with E-state index in [1.165, 1.54) is 18.2 Å². The van der Waals surface area contributed by atoms with Crippen molar-refractivity contribution < 1.29 is 28.7 Å². The van der Waals surface area contributed by atoms with Gasteiger partial charge in [0.05, 0.1) is 16.7 Å². The predicted octanol–water partition coefficient (Wildman–Crippen LogP) is 1.87. The molecule has 8 nitrogen and oxygen atoms in total. The summed E-state index contributed by atoms with van der Waals surface area (Å²) in [6.07, 6.45) is -1.19. The molecule has 34 heavy (non-hydrogen) atoms. The maximum Gasteiger partial charge on any atom is 0.262 e. The van der Waals surface area contributed by atoms with E-state index in [0.717, 1.165) is 10.5 Å². The third kappa shape index (κ3) is 3.80. The highest BCUT2D eigenvalue weighted by molar-refractivity contribution is 6.23. The van der Waals surface area contributed by atoms with E-state index in [0.29, 0.717) is 18.7 Å². The highest BCUT2D eigenvalue weighted by atomic mass is 19.1. The maximum absolute atomic E-state index is 15.1. The molecule has 3 atom stereocenters. The number of hydrogen-bond donors (Lipinski definition) is 2. The lowest BCUT2D eigenvalue weighted by atomic mass is 9.82. The van der Waals surface area contributed by atoms with Gasteiger partial charge in [-0.25, -0.2) is 4.39 Å². The fourth-order valence-corrected chi connectivity index (χ4v) is 5.00. The van der Waals surface area contributed by atoms with Crippen LogP contribution < -0.4 is 5.32 Å². The number of nitrogens with zero attached hydrogens (tertiary/aromatic N) is 2. The number of hydrogen-bond acceptors (Lipinski definition) is 6. The number of carbonyl (C=O) groups is 4. The Morgan fingerprint density at radius 2 is 1.76 bits per heavy atom.